The topological polar surface area (TPSA) is 15.3 Å². The molecule has 1 saturated carbocycles. The molecule has 20 heavy (non-hydrogen) atoms. The van der Waals surface area contributed by atoms with E-state index in [0.29, 0.717) is 11.5 Å². The molecule has 110 valence electrons. The highest BCUT2D eigenvalue weighted by atomic mass is 15.1. The molecule has 0 radical (unpaired) electrons. The van der Waals surface area contributed by atoms with Crippen LogP contribution in [0.3, 0.4) is 0 Å². The van der Waals surface area contributed by atoms with E-state index in [2.05, 4.69) is 48.3 Å². The second kappa shape index (κ2) is 5.67. The SMILES string of the molecule is CC1(C)CCC(Nc2ccc(N3CCCC3)cc2)CC1. The monoisotopic (exact) mass is 272 g/mol. The van der Waals surface area contributed by atoms with Crippen LogP contribution in [0.25, 0.3) is 0 Å². The third-order valence-corrected chi connectivity index (χ3v) is 5.05. The van der Waals surface area contributed by atoms with Crippen LogP contribution in [0.4, 0.5) is 11.4 Å². The van der Waals surface area contributed by atoms with E-state index in [1.165, 1.54) is 63.0 Å². The van der Waals surface area contributed by atoms with Crippen LogP contribution in [-0.4, -0.2) is 19.1 Å². The summed E-state index contributed by atoms with van der Waals surface area (Å²) in [6, 6.07) is 9.74. The molecule has 0 atom stereocenters. The average molecular weight is 272 g/mol. The minimum Gasteiger partial charge on any atom is -0.382 e. The van der Waals surface area contributed by atoms with E-state index in [0.717, 1.165) is 0 Å². The molecule has 1 N–H and O–H groups in total. The molecule has 0 spiro atoms. The molecular formula is C18H28N2. The maximum atomic E-state index is 3.72. The molecule has 1 saturated heterocycles. The lowest BCUT2D eigenvalue weighted by Gasteiger charge is -2.35. The summed E-state index contributed by atoms with van der Waals surface area (Å²) in [5, 5.41) is 3.72. The van der Waals surface area contributed by atoms with Gasteiger partial charge in [-0.2, -0.15) is 0 Å². The molecule has 3 rings (SSSR count). The van der Waals surface area contributed by atoms with E-state index in [-0.39, 0.29) is 0 Å². The van der Waals surface area contributed by atoms with Gasteiger partial charge in [0, 0.05) is 30.5 Å². The molecule has 0 unspecified atom stereocenters. The van der Waals surface area contributed by atoms with E-state index >= 15 is 0 Å². The van der Waals surface area contributed by atoms with Crippen LogP contribution in [0.15, 0.2) is 24.3 Å². The number of anilines is 2. The zero-order chi connectivity index (χ0) is 14.0. The van der Waals surface area contributed by atoms with Crippen molar-refractivity contribution < 1.29 is 0 Å². The van der Waals surface area contributed by atoms with Crippen LogP contribution in [0.2, 0.25) is 0 Å². The lowest BCUT2D eigenvalue weighted by Crippen LogP contribution is -2.29. The molecule has 0 aromatic heterocycles. The highest BCUT2D eigenvalue weighted by Crippen LogP contribution is 2.36. The van der Waals surface area contributed by atoms with Gasteiger partial charge in [0.25, 0.3) is 0 Å². The van der Waals surface area contributed by atoms with E-state index in [1.807, 2.05) is 0 Å². The molecule has 1 aliphatic heterocycles. The van der Waals surface area contributed by atoms with Gasteiger partial charge >= 0.3 is 0 Å². The minimum atomic E-state index is 0.553. The van der Waals surface area contributed by atoms with Gasteiger partial charge in [0.1, 0.15) is 0 Å². The first kappa shape index (κ1) is 13.8. The summed E-state index contributed by atoms with van der Waals surface area (Å²) >= 11 is 0. The molecule has 2 heteroatoms. The quantitative estimate of drug-likeness (QED) is 0.860. The summed E-state index contributed by atoms with van der Waals surface area (Å²) in [4.78, 5) is 2.49. The van der Waals surface area contributed by atoms with Crippen molar-refractivity contribution in [2.24, 2.45) is 5.41 Å². The fourth-order valence-electron chi connectivity index (χ4n) is 3.52. The standard InChI is InChI=1S/C18H28N2/c1-18(2)11-9-16(10-12-18)19-15-5-7-17(8-6-15)20-13-3-4-14-20/h5-8,16,19H,3-4,9-14H2,1-2H3. The summed E-state index contributed by atoms with van der Waals surface area (Å²) in [6.45, 7) is 7.25. The summed E-state index contributed by atoms with van der Waals surface area (Å²) in [5.41, 5.74) is 3.23. The molecule has 1 aromatic rings. The fourth-order valence-corrected chi connectivity index (χ4v) is 3.52. The Labute approximate surface area is 123 Å². The Hall–Kier alpha value is -1.18. The molecule has 1 aromatic carbocycles. The third kappa shape index (κ3) is 3.28. The summed E-state index contributed by atoms with van der Waals surface area (Å²) in [5.74, 6) is 0. The number of rotatable bonds is 3. The Morgan fingerprint density at radius 3 is 2.20 bits per heavy atom. The van der Waals surface area contributed by atoms with E-state index in [9.17, 15) is 0 Å². The number of hydrogen-bond donors (Lipinski definition) is 1. The van der Waals surface area contributed by atoms with Crippen molar-refractivity contribution in [3.8, 4) is 0 Å². The molecule has 1 heterocycles. The van der Waals surface area contributed by atoms with Crippen LogP contribution in [0, 0.1) is 5.41 Å². The van der Waals surface area contributed by atoms with Crippen molar-refractivity contribution in [3.63, 3.8) is 0 Å². The third-order valence-electron chi connectivity index (χ3n) is 5.05. The zero-order valence-corrected chi connectivity index (χ0v) is 13.0. The second-order valence-electron chi connectivity index (χ2n) is 7.32. The predicted molar refractivity (Wildman–Crippen MR) is 87.5 cm³/mol. The molecule has 0 amide bonds. The van der Waals surface area contributed by atoms with Crippen LogP contribution >= 0.6 is 0 Å². The Bertz CT molecular complexity index is 419. The lowest BCUT2D eigenvalue weighted by atomic mass is 9.75. The molecule has 1 aliphatic carbocycles. The van der Waals surface area contributed by atoms with Gasteiger partial charge in [0.2, 0.25) is 0 Å². The first-order valence-electron chi connectivity index (χ1n) is 8.24. The first-order valence-corrected chi connectivity index (χ1v) is 8.24. The smallest absolute Gasteiger partial charge is 0.0367 e. The highest BCUT2D eigenvalue weighted by molar-refractivity contribution is 5.55. The van der Waals surface area contributed by atoms with Gasteiger partial charge in [0.15, 0.2) is 0 Å². The van der Waals surface area contributed by atoms with Crippen LogP contribution in [0.5, 0.6) is 0 Å². The Balaban J connectivity index is 1.55. The highest BCUT2D eigenvalue weighted by Gasteiger charge is 2.26. The van der Waals surface area contributed by atoms with Crippen LogP contribution in [0.1, 0.15) is 52.4 Å². The Morgan fingerprint density at radius 1 is 1.00 bits per heavy atom. The molecular weight excluding hydrogens is 244 g/mol. The molecule has 2 aliphatic rings. The Morgan fingerprint density at radius 2 is 1.60 bits per heavy atom. The maximum absolute atomic E-state index is 3.72. The van der Waals surface area contributed by atoms with Gasteiger partial charge in [-0.15, -0.1) is 0 Å². The average Bonchev–Trinajstić information content (AvgIpc) is 2.96. The molecule has 0 bridgehead atoms. The molecule has 2 nitrogen and oxygen atoms in total. The van der Waals surface area contributed by atoms with Gasteiger partial charge in [-0.1, -0.05) is 13.8 Å². The van der Waals surface area contributed by atoms with Crippen molar-refractivity contribution in [2.75, 3.05) is 23.3 Å². The number of nitrogens with one attached hydrogen (secondary N) is 1. The van der Waals surface area contributed by atoms with E-state index < -0.39 is 0 Å². The number of nitrogens with zero attached hydrogens (tertiary/aromatic N) is 1. The van der Waals surface area contributed by atoms with Gasteiger partial charge in [-0.25, -0.2) is 0 Å². The predicted octanol–water partition coefficient (Wildman–Crippen LogP) is 4.67. The van der Waals surface area contributed by atoms with Crippen LogP contribution in [-0.2, 0) is 0 Å². The first-order chi connectivity index (χ1) is 9.62. The fraction of sp³-hybridized carbons (Fsp3) is 0.667. The van der Waals surface area contributed by atoms with Gasteiger partial charge < -0.3 is 10.2 Å². The van der Waals surface area contributed by atoms with Crippen LogP contribution < -0.4 is 10.2 Å². The van der Waals surface area contributed by atoms with Crippen molar-refractivity contribution in [1.82, 2.24) is 0 Å². The maximum Gasteiger partial charge on any atom is 0.0367 e. The van der Waals surface area contributed by atoms with Gasteiger partial charge in [-0.3, -0.25) is 0 Å². The molecule has 2 fully saturated rings. The largest absolute Gasteiger partial charge is 0.382 e. The van der Waals surface area contributed by atoms with Crippen molar-refractivity contribution in [1.29, 1.82) is 0 Å². The van der Waals surface area contributed by atoms with E-state index in [4.69, 9.17) is 0 Å². The number of hydrogen-bond acceptors (Lipinski definition) is 2. The summed E-state index contributed by atoms with van der Waals surface area (Å²) in [7, 11) is 0. The summed E-state index contributed by atoms with van der Waals surface area (Å²) in [6.07, 6.45) is 7.99. The normalized spacial score (nSPS) is 23.0. The van der Waals surface area contributed by atoms with Crippen molar-refractivity contribution in [3.05, 3.63) is 24.3 Å². The number of benzene rings is 1. The van der Waals surface area contributed by atoms with Gasteiger partial charge in [0.05, 0.1) is 0 Å². The minimum absolute atomic E-state index is 0.553. The summed E-state index contributed by atoms with van der Waals surface area (Å²) < 4.78 is 0. The second-order valence-corrected chi connectivity index (χ2v) is 7.32. The zero-order valence-electron chi connectivity index (χ0n) is 13.0. The Kier molecular flexibility index (Phi) is 3.91. The van der Waals surface area contributed by atoms with E-state index in [1.54, 1.807) is 0 Å². The van der Waals surface area contributed by atoms with Crippen molar-refractivity contribution in [2.45, 2.75) is 58.4 Å². The lowest BCUT2D eigenvalue weighted by molar-refractivity contribution is 0.232. The van der Waals surface area contributed by atoms with Crippen molar-refractivity contribution >= 4 is 11.4 Å². The van der Waals surface area contributed by atoms with Gasteiger partial charge in [-0.05, 0) is 68.2 Å².